The minimum absolute atomic E-state index is 0.105. The van der Waals surface area contributed by atoms with Crippen molar-refractivity contribution in [2.45, 2.75) is 31.9 Å². The molecular weight excluding hydrogens is 404 g/mol. The molecule has 1 aliphatic rings. The summed E-state index contributed by atoms with van der Waals surface area (Å²) in [5, 5.41) is 21.2. The van der Waals surface area contributed by atoms with Gasteiger partial charge in [0.25, 0.3) is 0 Å². The number of halogens is 1. The van der Waals surface area contributed by atoms with Gasteiger partial charge in [0.2, 0.25) is 11.9 Å². The Morgan fingerprint density at radius 2 is 2.03 bits per heavy atom. The summed E-state index contributed by atoms with van der Waals surface area (Å²) in [7, 11) is 0. The smallest absolute Gasteiger partial charge is 0.229 e. The fraction of sp³-hybridized carbons (Fsp3) is 0.333. The molecule has 8 nitrogen and oxygen atoms in total. The minimum Gasteiger partial charge on any atom is -0.393 e. The molecule has 0 aliphatic carbocycles. The molecule has 1 aromatic carbocycles. The van der Waals surface area contributed by atoms with E-state index in [1.54, 1.807) is 30.1 Å². The van der Waals surface area contributed by atoms with Crippen LogP contribution in [0, 0.1) is 5.92 Å². The van der Waals surface area contributed by atoms with Crippen molar-refractivity contribution in [1.29, 1.82) is 0 Å². The Hall–Kier alpha value is -2.97. The summed E-state index contributed by atoms with van der Waals surface area (Å²) in [4.78, 5) is 21.1. The number of anilines is 1. The fourth-order valence-corrected chi connectivity index (χ4v) is 3.76. The van der Waals surface area contributed by atoms with Gasteiger partial charge in [0, 0.05) is 35.4 Å². The first kappa shape index (κ1) is 20.3. The zero-order valence-electron chi connectivity index (χ0n) is 16.7. The van der Waals surface area contributed by atoms with Crippen LogP contribution in [0.4, 0.5) is 5.95 Å². The number of carbonyl (C=O) groups is 1. The van der Waals surface area contributed by atoms with Gasteiger partial charge in [-0.1, -0.05) is 11.6 Å². The first-order valence-corrected chi connectivity index (χ1v) is 10.2. The molecule has 0 spiro atoms. The predicted molar refractivity (Wildman–Crippen MR) is 114 cm³/mol. The maximum Gasteiger partial charge on any atom is 0.229 e. The van der Waals surface area contributed by atoms with Crippen molar-refractivity contribution in [2.24, 2.45) is 5.92 Å². The minimum atomic E-state index is -0.613. The van der Waals surface area contributed by atoms with Crippen LogP contribution in [-0.4, -0.2) is 43.4 Å². The zero-order valence-corrected chi connectivity index (χ0v) is 17.4. The van der Waals surface area contributed by atoms with Gasteiger partial charge >= 0.3 is 0 Å². The lowest BCUT2D eigenvalue weighted by Gasteiger charge is -2.19. The lowest BCUT2D eigenvalue weighted by atomic mass is 9.88. The van der Waals surface area contributed by atoms with Gasteiger partial charge in [-0.3, -0.25) is 4.79 Å². The summed E-state index contributed by atoms with van der Waals surface area (Å²) in [6.45, 7) is 4.12. The number of rotatable bonds is 6. The van der Waals surface area contributed by atoms with Crippen LogP contribution in [0.15, 0.2) is 48.9 Å². The van der Waals surface area contributed by atoms with E-state index in [1.165, 1.54) is 0 Å². The number of nitrogens with zero attached hydrogens (tertiary/aromatic N) is 4. The van der Waals surface area contributed by atoms with Gasteiger partial charge in [-0.2, -0.15) is 5.10 Å². The Labute approximate surface area is 179 Å². The van der Waals surface area contributed by atoms with Crippen molar-refractivity contribution in [3.8, 4) is 5.69 Å². The van der Waals surface area contributed by atoms with Crippen LogP contribution in [-0.2, 0) is 4.79 Å². The molecular formula is C21H23ClN6O2. The first-order chi connectivity index (χ1) is 14.4. The van der Waals surface area contributed by atoms with Crippen LogP contribution in [0.1, 0.15) is 37.1 Å². The molecule has 1 aliphatic heterocycles. The van der Waals surface area contributed by atoms with E-state index in [0.717, 1.165) is 11.3 Å². The molecule has 9 heteroatoms. The molecule has 0 radical (unpaired) electrons. The van der Waals surface area contributed by atoms with E-state index in [0.29, 0.717) is 23.2 Å². The van der Waals surface area contributed by atoms with Crippen LogP contribution in [0.3, 0.4) is 0 Å². The van der Waals surface area contributed by atoms with Gasteiger partial charge in [-0.15, -0.1) is 0 Å². The molecule has 3 heterocycles. The van der Waals surface area contributed by atoms with Gasteiger partial charge in [-0.05, 0) is 44.2 Å². The topological polar surface area (TPSA) is 105 Å². The molecule has 1 unspecified atom stereocenters. The normalized spacial score (nSPS) is 20.6. The van der Waals surface area contributed by atoms with Gasteiger partial charge in [-0.25, -0.2) is 14.6 Å². The largest absolute Gasteiger partial charge is 0.393 e. The zero-order chi connectivity index (χ0) is 21.3. The van der Waals surface area contributed by atoms with Gasteiger partial charge in [0.05, 0.1) is 35.6 Å². The summed E-state index contributed by atoms with van der Waals surface area (Å²) >= 11 is 5.95. The van der Waals surface area contributed by atoms with E-state index in [4.69, 9.17) is 11.6 Å². The molecule has 0 bridgehead atoms. The van der Waals surface area contributed by atoms with Crippen LogP contribution in [0.5, 0.6) is 0 Å². The Bertz CT molecular complexity index is 1040. The molecule has 3 N–H and O–H groups in total. The quantitative estimate of drug-likeness (QED) is 0.559. The van der Waals surface area contributed by atoms with E-state index in [9.17, 15) is 9.90 Å². The Kier molecular flexibility index (Phi) is 5.69. The highest BCUT2D eigenvalue weighted by atomic mass is 35.5. The molecule has 0 saturated carbocycles. The number of nitrogens with one attached hydrogen (secondary N) is 2. The number of benzene rings is 1. The van der Waals surface area contributed by atoms with E-state index in [2.05, 4.69) is 25.7 Å². The number of hydrogen-bond acceptors (Lipinski definition) is 6. The Morgan fingerprint density at radius 1 is 1.27 bits per heavy atom. The van der Waals surface area contributed by atoms with E-state index in [1.807, 2.05) is 37.4 Å². The van der Waals surface area contributed by atoms with Crippen molar-refractivity contribution in [3.05, 3.63) is 65.2 Å². The van der Waals surface area contributed by atoms with Crippen molar-refractivity contribution < 1.29 is 9.90 Å². The number of carbonyl (C=O) groups excluding carboxylic acids is 1. The number of aliphatic hydroxyl groups is 1. The number of aromatic nitrogens is 4. The number of hydrogen-bond donors (Lipinski definition) is 3. The third kappa shape index (κ3) is 4.15. The van der Waals surface area contributed by atoms with Crippen molar-refractivity contribution >= 4 is 23.5 Å². The summed E-state index contributed by atoms with van der Waals surface area (Å²) in [6.07, 6.45) is 4.72. The molecule has 4 rings (SSSR count). The maximum atomic E-state index is 12.3. The molecule has 4 atom stereocenters. The molecule has 2 aromatic heterocycles. The average Bonchev–Trinajstić information content (AvgIpc) is 3.36. The molecule has 1 fully saturated rings. The summed E-state index contributed by atoms with van der Waals surface area (Å²) in [6, 6.07) is 9.05. The second-order valence-corrected chi connectivity index (χ2v) is 7.93. The number of aliphatic hydroxyl groups excluding tert-OH is 1. The lowest BCUT2D eigenvalue weighted by Crippen LogP contribution is -2.25. The van der Waals surface area contributed by atoms with Crippen LogP contribution in [0.25, 0.3) is 5.69 Å². The van der Waals surface area contributed by atoms with Crippen LogP contribution < -0.4 is 10.6 Å². The van der Waals surface area contributed by atoms with Crippen molar-refractivity contribution in [1.82, 2.24) is 25.1 Å². The highest BCUT2D eigenvalue weighted by Gasteiger charge is 2.39. The summed E-state index contributed by atoms with van der Waals surface area (Å²) < 4.78 is 1.78. The molecule has 1 amide bonds. The maximum absolute atomic E-state index is 12.3. The van der Waals surface area contributed by atoms with E-state index >= 15 is 0 Å². The third-order valence-corrected chi connectivity index (χ3v) is 5.63. The highest BCUT2D eigenvalue weighted by molar-refractivity contribution is 6.30. The van der Waals surface area contributed by atoms with E-state index < -0.39 is 12.0 Å². The van der Waals surface area contributed by atoms with Crippen LogP contribution in [0.2, 0.25) is 5.02 Å². The number of amides is 1. The molecule has 30 heavy (non-hydrogen) atoms. The third-order valence-electron chi connectivity index (χ3n) is 5.38. The Balaban J connectivity index is 1.50. The summed E-state index contributed by atoms with van der Waals surface area (Å²) in [5.41, 5.74) is 2.46. The Morgan fingerprint density at radius 3 is 2.77 bits per heavy atom. The van der Waals surface area contributed by atoms with E-state index in [-0.39, 0.29) is 17.9 Å². The molecule has 1 saturated heterocycles. The van der Waals surface area contributed by atoms with Gasteiger partial charge in [0.15, 0.2) is 0 Å². The predicted octanol–water partition coefficient (Wildman–Crippen LogP) is 2.70. The van der Waals surface area contributed by atoms with Crippen molar-refractivity contribution in [2.75, 3.05) is 11.9 Å². The highest BCUT2D eigenvalue weighted by Crippen LogP contribution is 2.31. The monoisotopic (exact) mass is 426 g/mol. The molecule has 3 aromatic rings. The average molecular weight is 427 g/mol. The van der Waals surface area contributed by atoms with Gasteiger partial charge in [0.1, 0.15) is 0 Å². The molecule has 156 valence electrons. The summed E-state index contributed by atoms with van der Waals surface area (Å²) in [5.74, 6) is -0.405. The van der Waals surface area contributed by atoms with Crippen molar-refractivity contribution in [3.63, 3.8) is 0 Å². The lowest BCUT2D eigenvalue weighted by molar-refractivity contribution is -0.121. The van der Waals surface area contributed by atoms with Crippen LogP contribution >= 0.6 is 11.6 Å². The first-order valence-electron chi connectivity index (χ1n) is 9.78. The second kappa shape index (κ2) is 8.41. The second-order valence-electron chi connectivity index (χ2n) is 7.49. The standard InChI is InChI=1S/C21H23ClN6O2/c1-12(14-9-25-28(11-14)16-5-3-15(22)4-6-16)26-21-23-8-7-18(27-21)19-17(13(2)29)10-24-20(19)30/h3-9,11-13,17,19,29H,10H2,1-2H3,(H,24,30)(H,23,26,27)/t12-,13+,17?,19+/m0/s1. The fourth-order valence-electron chi connectivity index (χ4n) is 3.63. The SMILES string of the molecule is C[C@H](Nc1nccc([C@@H]2C(=O)NCC2[C@@H](C)O)n1)c1cnn(-c2ccc(Cl)cc2)c1. The van der Waals surface area contributed by atoms with Gasteiger partial charge < -0.3 is 15.7 Å².